The third-order valence-corrected chi connectivity index (χ3v) is 7.03. The molecule has 0 aliphatic carbocycles. The van der Waals surface area contributed by atoms with Gasteiger partial charge >= 0.3 is 0 Å². The zero-order valence-corrected chi connectivity index (χ0v) is 23.0. The fourth-order valence-electron chi connectivity index (χ4n) is 4.55. The topological polar surface area (TPSA) is 72.0 Å². The smallest absolute Gasteiger partial charge is 0.258 e. The van der Waals surface area contributed by atoms with E-state index in [1.165, 1.54) is 0 Å². The number of hydrogen-bond acceptors (Lipinski definition) is 6. The Morgan fingerprint density at radius 2 is 1.68 bits per heavy atom. The average Bonchev–Trinajstić information content (AvgIpc) is 2.94. The van der Waals surface area contributed by atoms with Crippen LogP contribution >= 0.6 is 11.6 Å². The van der Waals surface area contributed by atoms with Crippen LogP contribution < -0.4 is 15.1 Å². The summed E-state index contributed by atoms with van der Waals surface area (Å²) in [6.07, 6.45) is 3.18. The summed E-state index contributed by atoms with van der Waals surface area (Å²) in [6, 6.07) is 16.2. The Morgan fingerprint density at radius 3 is 2.34 bits per heavy atom. The van der Waals surface area contributed by atoms with Crippen molar-refractivity contribution in [3.8, 4) is 0 Å². The van der Waals surface area contributed by atoms with Gasteiger partial charge in [-0.2, -0.15) is 0 Å². The van der Waals surface area contributed by atoms with E-state index in [9.17, 15) is 9.59 Å². The second kappa shape index (κ2) is 12.9. The molecule has 1 fully saturated rings. The van der Waals surface area contributed by atoms with Crippen molar-refractivity contribution in [2.75, 3.05) is 75.0 Å². The maximum Gasteiger partial charge on any atom is 0.258 e. The number of carbonyl (C=O) groups is 2. The molecule has 1 saturated heterocycles. The van der Waals surface area contributed by atoms with Crippen LogP contribution in [0.4, 0.5) is 17.1 Å². The van der Waals surface area contributed by atoms with Gasteiger partial charge in [-0.25, -0.2) is 0 Å². The average molecular weight is 535 g/mol. The van der Waals surface area contributed by atoms with Crippen LogP contribution in [0.2, 0.25) is 5.02 Å². The Morgan fingerprint density at radius 1 is 0.974 bits per heavy atom. The zero-order valence-electron chi connectivity index (χ0n) is 22.2. The Bertz CT molecular complexity index is 1240. The minimum Gasteiger partial charge on any atom is -0.367 e. The van der Waals surface area contributed by atoms with Gasteiger partial charge in [0.2, 0.25) is 0 Å². The first-order chi connectivity index (χ1) is 18.4. The van der Waals surface area contributed by atoms with Crippen molar-refractivity contribution in [1.29, 1.82) is 0 Å². The summed E-state index contributed by atoms with van der Waals surface area (Å²) < 4.78 is 0. The van der Waals surface area contributed by atoms with Crippen LogP contribution in [0.1, 0.15) is 27.6 Å². The molecule has 3 aromatic rings. The molecule has 9 heteroatoms. The van der Waals surface area contributed by atoms with Crippen molar-refractivity contribution in [2.24, 2.45) is 0 Å². The van der Waals surface area contributed by atoms with Crippen molar-refractivity contribution in [2.45, 2.75) is 6.92 Å². The number of likely N-dealkylation sites (N-methyl/N-ethyl adjacent to an activating group) is 1. The zero-order chi connectivity index (χ0) is 27.1. The van der Waals surface area contributed by atoms with Crippen molar-refractivity contribution in [3.63, 3.8) is 0 Å². The maximum absolute atomic E-state index is 13.6. The third-order valence-electron chi connectivity index (χ3n) is 6.72. The number of para-hydroxylation sites is 1. The fraction of sp³-hybridized carbons (Fsp3) is 0.345. The number of halogens is 1. The monoisotopic (exact) mass is 534 g/mol. The fourth-order valence-corrected chi connectivity index (χ4v) is 4.78. The van der Waals surface area contributed by atoms with E-state index in [1.807, 2.05) is 37.3 Å². The normalized spacial score (nSPS) is 14.0. The molecule has 200 valence electrons. The van der Waals surface area contributed by atoms with E-state index >= 15 is 0 Å². The Balaban J connectivity index is 1.61. The highest BCUT2D eigenvalue weighted by molar-refractivity contribution is 6.34. The van der Waals surface area contributed by atoms with Gasteiger partial charge in [-0.1, -0.05) is 23.7 Å². The largest absolute Gasteiger partial charge is 0.367 e. The highest BCUT2D eigenvalue weighted by atomic mass is 35.5. The number of aromatic nitrogens is 1. The van der Waals surface area contributed by atoms with Crippen molar-refractivity contribution < 1.29 is 9.59 Å². The third kappa shape index (κ3) is 6.69. The van der Waals surface area contributed by atoms with Gasteiger partial charge < -0.3 is 20.0 Å². The first-order valence-electron chi connectivity index (χ1n) is 12.9. The van der Waals surface area contributed by atoms with Gasteiger partial charge in [0.05, 0.1) is 22.1 Å². The molecule has 0 spiro atoms. The number of benzene rings is 2. The summed E-state index contributed by atoms with van der Waals surface area (Å²) in [5.74, 6) is -0.429. The summed E-state index contributed by atoms with van der Waals surface area (Å²) >= 11 is 6.41. The van der Waals surface area contributed by atoms with E-state index in [0.29, 0.717) is 34.1 Å². The van der Waals surface area contributed by atoms with Crippen molar-refractivity contribution in [3.05, 3.63) is 83.1 Å². The molecule has 4 rings (SSSR count). The summed E-state index contributed by atoms with van der Waals surface area (Å²) in [6.45, 7) is 7.94. The number of rotatable bonds is 9. The Kier molecular flexibility index (Phi) is 9.33. The Hall–Kier alpha value is -3.46. The van der Waals surface area contributed by atoms with Gasteiger partial charge in [-0.15, -0.1) is 0 Å². The molecule has 1 aliphatic heterocycles. The molecule has 0 saturated carbocycles. The molecule has 1 N–H and O–H groups in total. The van der Waals surface area contributed by atoms with E-state index in [4.69, 9.17) is 11.6 Å². The lowest BCUT2D eigenvalue weighted by Crippen LogP contribution is -2.48. The second-order valence-electron chi connectivity index (χ2n) is 9.55. The van der Waals surface area contributed by atoms with Crippen LogP contribution in [0.3, 0.4) is 0 Å². The lowest BCUT2D eigenvalue weighted by atomic mass is 10.1. The lowest BCUT2D eigenvalue weighted by Gasteiger charge is -2.37. The number of nitrogens with one attached hydrogen (secondary N) is 1. The number of piperazine rings is 1. The Labute approximate surface area is 229 Å². The molecule has 2 aromatic carbocycles. The maximum atomic E-state index is 13.6. The summed E-state index contributed by atoms with van der Waals surface area (Å²) in [5, 5.41) is 3.57. The van der Waals surface area contributed by atoms with Crippen LogP contribution in [-0.4, -0.2) is 86.5 Å². The second-order valence-corrected chi connectivity index (χ2v) is 9.96. The molecular weight excluding hydrogens is 500 g/mol. The minimum absolute atomic E-state index is 0.180. The summed E-state index contributed by atoms with van der Waals surface area (Å²) in [5.41, 5.74) is 3.14. The van der Waals surface area contributed by atoms with Crippen molar-refractivity contribution >= 4 is 40.5 Å². The van der Waals surface area contributed by atoms with Crippen LogP contribution in [0.5, 0.6) is 0 Å². The number of hydrogen-bond donors (Lipinski definition) is 1. The number of amides is 2. The SMILES string of the molecule is CCN(C(=O)c1ccc(N2CCN(CCN(C)C)CC2)c(NC(=O)c2ccncc2)c1)c1ccccc1Cl. The van der Waals surface area contributed by atoms with Gasteiger partial charge in [0.15, 0.2) is 0 Å². The standard InChI is InChI=1S/C29H35ClN6O2/c1-4-36(26-8-6-5-7-24(26)30)29(38)23-9-10-27(35-19-17-34(18-20-35)16-15-33(2)3)25(21-23)32-28(37)22-11-13-31-14-12-22/h5-14,21H,4,15-20H2,1-3H3,(H,32,37). The van der Waals surface area contributed by atoms with Gasteiger partial charge in [-0.3, -0.25) is 19.5 Å². The molecule has 0 radical (unpaired) electrons. The van der Waals surface area contributed by atoms with Gasteiger partial charge in [-0.05, 0) is 63.5 Å². The highest BCUT2D eigenvalue weighted by Gasteiger charge is 2.24. The molecule has 1 aromatic heterocycles. The first kappa shape index (κ1) is 27.6. The van der Waals surface area contributed by atoms with Crippen LogP contribution in [0.25, 0.3) is 0 Å². The first-order valence-corrected chi connectivity index (χ1v) is 13.3. The van der Waals surface area contributed by atoms with Gasteiger partial charge in [0.1, 0.15) is 0 Å². The molecule has 1 aliphatic rings. The number of pyridine rings is 1. The minimum atomic E-state index is -0.249. The summed E-state index contributed by atoms with van der Waals surface area (Å²) in [7, 11) is 4.17. The molecule has 0 bridgehead atoms. The predicted molar refractivity (Wildman–Crippen MR) is 155 cm³/mol. The molecule has 2 amide bonds. The van der Waals surface area contributed by atoms with Gasteiger partial charge in [0.25, 0.3) is 11.8 Å². The number of anilines is 3. The van der Waals surface area contributed by atoms with E-state index in [0.717, 1.165) is 45.0 Å². The number of nitrogens with zero attached hydrogens (tertiary/aromatic N) is 5. The van der Waals surface area contributed by atoms with Crippen LogP contribution in [0, 0.1) is 0 Å². The lowest BCUT2D eigenvalue weighted by molar-refractivity contribution is 0.0985. The molecular formula is C29H35ClN6O2. The molecule has 8 nitrogen and oxygen atoms in total. The predicted octanol–water partition coefficient (Wildman–Crippen LogP) is 4.34. The molecule has 38 heavy (non-hydrogen) atoms. The van der Waals surface area contributed by atoms with Crippen LogP contribution in [0.15, 0.2) is 67.0 Å². The molecule has 0 unspecified atom stereocenters. The van der Waals surface area contributed by atoms with E-state index in [1.54, 1.807) is 41.6 Å². The van der Waals surface area contributed by atoms with Crippen molar-refractivity contribution in [1.82, 2.24) is 14.8 Å². The quantitative estimate of drug-likeness (QED) is 0.440. The van der Waals surface area contributed by atoms with E-state index in [-0.39, 0.29) is 11.8 Å². The summed E-state index contributed by atoms with van der Waals surface area (Å²) in [4.78, 5) is 39.3. The van der Waals surface area contributed by atoms with Crippen LogP contribution in [-0.2, 0) is 0 Å². The molecule has 2 heterocycles. The molecule has 0 atom stereocenters. The van der Waals surface area contributed by atoms with E-state index < -0.39 is 0 Å². The van der Waals surface area contributed by atoms with Gasteiger partial charge in [0, 0.05) is 69.3 Å². The highest BCUT2D eigenvalue weighted by Crippen LogP contribution is 2.31. The van der Waals surface area contributed by atoms with E-state index in [2.05, 4.69) is 39.1 Å². The number of carbonyl (C=O) groups excluding carboxylic acids is 2.